The number of rotatable bonds is 4. The van der Waals surface area contributed by atoms with Gasteiger partial charge in [-0.2, -0.15) is 0 Å². The van der Waals surface area contributed by atoms with Crippen molar-refractivity contribution in [3.63, 3.8) is 0 Å². The number of carbonyl (C=O) groups is 1. The Bertz CT molecular complexity index is 990. The van der Waals surface area contributed by atoms with Crippen LogP contribution in [0.15, 0.2) is 58.1 Å². The van der Waals surface area contributed by atoms with Gasteiger partial charge in [-0.3, -0.25) is 14.4 Å². The predicted octanol–water partition coefficient (Wildman–Crippen LogP) is 1.88. The van der Waals surface area contributed by atoms with E-state index in [0.717, 1.165) is 5.56 Å². The van der Waals surface area contributed by atoms with Gasteiger partial charge in [0.15, 0.2) is 0 Å². The van der Waals surface area contributed by atoms with Crippen molar-refractivity contribution in [3.8, 4) is 0 Å². The van der Waals surface area contributed by atoms with E-state index in [4.69, 9.17) is 0 Å². The molecule has 2 aromatic carbocycles. The van der Waals surface area contributed by atoms with Crippen molar-refractivity contribution >= 4 is 16.9 Å². The largest absolute Gasteiger partial charge is 0.335 e. The van der Waals surface area contributed by atoms with Crippen molar-refractivity contribution in [1.82, 2.24) is 14.9 Å². The third-order valence-electron chi connectivity index (χ3n) is 3.85. The first kappa shape index (κ1) is 15.7. The number of fused-ring (bicyclic) bond motifs is 1. The molecule has 1 aromatic heterocycles. The first-order chi connectivity index (χ1) is 11.6. The summed E-state index contributed by atoms with van der Waals surface area (Å²) in [5.41, 5.74) is 0.988. The first-order valence-electron chi connectivity index (χ1n) is 7.68. The standard InChI is InChI=1S/C18H17N3O3/c1-2-21(11-12-6-4-3-5-7-12)18(24)13-8-9-14-15(10-13)20-17(23)16(22)19-14/h3-10H,2,11H2,1H3,(H,19,22)(H,20,23). The Morgan fingerprint density at radius 3 is 2.29 bits per heavy atom. The van der Waals surface area contributed by atoms with E-state index in [1.54, 1.807) is 23.1 Å². The molecule has 0 aliphatic rings. The summed E-state index contributed by atoms with van der Waals surface area (Å²) in [5.74, 6) is -0.129. The Balaban J connectivity index is 1.93. The number of carbonyl (C=O) groups excluding carboxylic acids is 1. The van der Waals surface area contributed by atoms with Crippen LogP contribution in [0.3, 0.4) is 0 Å². The van der Waals surface area contributed by atoms with Crippen molar-refractivity contribution < 1.29 is 4.79 Å². The molecule has 0 atom stereocenters. The zero-order valence-electron chi connectivity index (χ0n) is 13.2. The molecule has 0 saturated carbocycles. The van der Waals surface area contributed by atoms with Crippen molar-refractivity contribution in [2.45, 2.75) is 13.5 Å². The van der Waals surface area contributed by atoms with Crippen molar-refractivity contribution in [3.05, 3.63) is 80.4 Å². The lowest BCUT2D eigenvalue weighted by molar-refractivity contribution is 0.0752. The normalized spacial score (nSPS) is 10.7. The Morgan fingerprint density at radius 1 is 0.958 bits per heavy atom. The van der Waals surface area contributed by atoms with E-state index >= 15 is 0 Å². The number of nitrogens with zero attached hydrogens (tertiary/aromatic N) is 1. The van der Waals surface area contributed by atoms with E-state index in [0.29, 0.717) is 29.7 Å². The number of benzene rings is 2. The lowest BCUT2D eigenvalue weighted by Crippen LogP contribution is -2.31. The van der Waals surface area contributed by atoms with Gasteiger partial charge in [0, 0.05) is 18.7 Å². The van der Waals surface area contributed by atoms with Crippen LogP contribution in [0.4, 0.5) is 0 Å². The number of hydrogen-bond acceptors (Lipinski definition) is 3. The highest BCUT2D eigenvalue weighted by Crippen LogP contribution is 2.14. The molecule has 0 bridgehead atoms. The van der Waals surface area contributed by atoms with Crippen LogP contribution in [0, 0.1) is 0 Å². The zero-order chi connectivity index (χ0) is 17.1. The minimum absolute atomic E-state index is 0.129. The van der Waals surface area contributed by atoms with Crippen molar-refractivity contribution in [1.29, 1.82) is 0 Å². The SMILES string of the molecule is CCN(Cc1ccccc1)C(=O)c1ccc2[nH]c(=O)c(=O)[nH]c2c1. The molecule has 122 valence electrons. The highest BCUT2D eigenvalue weighted by Gasteiger charge is 2.15. The van der Waals surface area contributed by atoms with Crippen LogP contribution in [0.2, 0.25) is 0 Å². The Kier molecular flexibility index (Phi) is 4.29. The number of H-pyrrole nitrogens is 2. The Labute approximate surface area is 137 Å². The van der Waals surface area contributed by atoms with Crippen LogP contribution in [0.1, 0.15) is 22.8 Å². The van der Waals surface area contributed by atoms with Gasteiger partial charge in [0.05, 0.1) is 11.0 Å². The summed E-state index contributed by atoms with van der Waals surface area (Å²) >= 11 is 0. The summed E-state index contributed by atoms with van der Waals surface area (Å²) in [4.78, 5) is 42.2. The maximum absolute atomic E-state index is 12.7. The fourth-order valence-electron chi connectivity index (χ4n) is 2.56. The maximum atomic E-state index is 12.7. The maximum Gasteiger partial charge on any atom is 0.314 e. The van der Waals surface area contributed by atoms with E-state index in [1.807, 2.05) is 37.3 Å². The predicted molar refractivity (Wildman–Crippen MR) is 92.0 cm³/mol. The monoisotopic (exact) mass is 323 g/mol. The molecule has 0 saturated heterocycles. The van der Waals surface area contributed by atoms with Crippen LogP contribution >= 0.6 is 0 Å². The summed E-state index contributed by atoms with van der Waals surface area (Å²) in [6.45, 7) is 2.99. The molecule has 2 N–H and O–H groups in total. The fraction of sp³-hybridized carbons (Fsp3) is 0.167. The third kappa shape index (κ3) is 3.12. The van der Waals surface area contributed by atoms with Gasteiger partial charge in [-0.15, -0.1) is 0 Å². The van der Waals surface area contributed by atoms with Crippen molar-refractivity contribution in [2.24, 2.45) is 0 Å². The molecular weight excluding hydrogens is 306 g/mol. The van der Waals surface area contributed by atoms with E-state index < -0.39 is 11.1 Å². The molecule has 24 heavy (non-hydrogen) atoms. The van der Waals surface area contributed by atoms with Gasteiger partial charge in [0.2, 0.25) is 0 Å². The number of aromatic nitrogens is 2. The highest BCUT2D eigenvalue weighted by molar-refractivity contribution is 5.97. The molecular formula is C18H17N3O3. The van der Waals surface area contributed by atoms with Crippen LogP contribution in [0.5, 0.6) is 0 Å². The average Bonchev–Trinajstić information content (AvgIpc) is 2.60. The minimum atomic E-state index is -0.733. The zero-order valence-corrected chi connectivity index (χ0v) is 13.2. The Hall–Kier alpha value is -3.15. The van der Waals surface area contributed by atoms with Gasteiger partial charge >= 0.3 is 11.1 Å². The minimum Gasteiger partial charge on any atom is -0.335 e. The highest BCUT2D eigenvalue weighted by atomic mass is 16.2. The van der Waals surface area contributed by atoms with E-state index in [2.05, 4.69) is 9.97 Å². The lowest BCUT2D eigenvalue weighted by Gasteiger charge is -2.21. The first-order valence-corrected chi connectivity index (χ1v) is 7.68. The second-order valence-corrected chi connectivity index (χ2v) is 5.47. The van der Waals surface area contributed by atoms with E-state index in [9.17, 15) is 14.4 Å². The Morgan fingerprint density at radius 2 is 1.62 bits per heavy atom. The fourth-order valence-corrected chi connectivity index (χ4v) is 2.56. The second kappa shape index (κ2) is 6.54. The molecule has 0 fully saturated rings. The summed E-state index contributed by atoms with van der Waals surface area (Å²) in [6.07, 6.45) is 0. The quantitative estimate of drug-likeness (QED) is 0.719. The summed E-state index contributed by atoms with van der Waals surface area (Å²) in [5, 5.41) is 0. The van der Waals surface area contributed by atoms with Crippen molar-refractivity contribution in [2.75, 3.05) is 6.54 Å². The van der Waals surface area contributed by atoms with Gasteiger partial charge in [0.25, 0.3) is 5.91 Å². The van der Waals surface area contributed by atoms with E-state index in [1.165, 1.54) is 0 Å². The average molecular weight is 323 g/mol. The van der Waals surface area contributed by atoms with Gasteiger partial charge in [-0.05, 0) is 30.7 Å². The number of nitrogens with one attached hydrogen (secondary N) is 2. The smallest absolute Gasteiger partial charge is 0.314 e. The molecule has 0 spiro atoms. The molecule has 6 nitrogen and oxygen atoms in total. The summed E-state index contributed by atoms with van der Waals surface area (Å²) in [7, 11) is 0. The molecule has 0 aliphatic carbocycles. The van der Waals surface area contributed by atoms with Gasteiger partial charge in [-0.25, -0.2) is 0 Å². The second-order valence-electron chi connectivity index (χ2n) is 5.47. The molecule has 6 heteroatoms. The number of aromatic amines is 2. The molecule has 0 radical (unpaired) electrons. The number of amides is 1. The van der Waals surface area contributed by atoms with Gasteiger partial charge in [-0.1, -0.05) is 30.3 Å². The molecule has 1 amide bonds. The summed E-state index contributed by atoms with van der Waals surface area (Å²) < 4.78 is 0. The van der Waals surface area contributed by atoms with Crippen LogP contribution in [0.25, 0.3) is 11.0 Å². The van der Waals surface area contributed by atoms with Gasteiger partial charge < -0.3 is 14.9 Å². The summed E-state index contributed by atoms with van der Waals surface area (Å²) in [6, 6.07) is 14.6. The molecule has 3 rings (SSSR count). The number of hydrogen-bond donors (Lipinski definition) is 2. The molecule has 0 aliphatic heterocycles. The van der Waals surface area contributed by atoms with Crippen LogP contribution < -0.4 is 11.1 Å². The molecule has 0 unspecified atom stereocenters. The van der Waals surface area contributed by atoms with Crippen LogP contribution in [-0.2, 0) is 6.54 Å². The molecule has 1 heterocycles. The lowest BCUT2D eigenvalue weighted by atomic mass is 10.1. The topological polar surface area (TPSA) is 86.0 Å². The van der Waals surface area contributed by atoms with Gasteiger partial charge in [0.1, 0.15) is 0 Å². The van der Waals surface area contributed by atoms with Crippen LogP contribution in [-0.4, -0.2) is 27.3 Å². The molecule has 3 aromatic rings. The third-order valence-corrected chi connectivity index (χ3v) is 3.85. The van der Waals surface area contributed by atoms with E-state index in [-0.39, 0.29) is 5.91 Å².